The Labute approximate surface area is 119 Å². The van der Waals surface area contributed by atoms with E-state index < -0.39 is 11.9 Å². The van der Waals surface area contributed by atoms with Gasteiger partial charge in [-0.25, -0.2) is 0 Å². The molecule has 4 nitrogen and oxygen atoms in total. The second kappa shape index (κ2) is 6.55. The molecule has 1 aromatic carbocycles. The van der Waals surface area contributed by atoms with Gasteiger partial charge in [0.05, 0.1) is 11.9 Å². The number of carboxylic acid groups (broad SMARTS) is 2. The molecular weight excluding hydrogens is 256 g/mol. The molecule has 0 spiro atoms. The Hall–Kier alpha value is -1.84. The van der Waals surface area contributed by atoms with E-state index in [1.54, 1.807) is 0 Å². The lowest BCUT2D eigenvalue weighted by Gasteiger charge is -2.22. The van der Waals surface area contributed by atoms with Crippen LogP contribution in [0, 0.1) is 11.8 Å². The van der Waals surface area contributed by atoms with E-state index in [0.29, 0.717) is 24.0 Å². The van der Waals surface area contributed by atoms with Gasteiger partial charge in [-0.2, -0.15) is 0 Å². The molecule has 0 heterocycles. The summed E-state index contributed by atoms with van der Waals surface area (Å²) in [6, 6.07) is 2.62. The first kappa shape index (κ1) is 16.2. The maximum Gasteiger partial charge on any atom is 0.0718 e. The van der Waals surface area contributed by atoms with Gasteiger partial charge in [-0.05, 0) is 35.8 Å². The van der Waals surface area contributed by atoms with E-state index >= 15 is 0 Å². The number of benzene rings is 1. The maximum atomic E-state index is 11.2. The molecule has 0 bridgehead atoms. The highest BCUT2D eigenvalue weighted by molar-refractivity contribution is 5.93. The summed E-state index contributed by atoms with van der Waals surface area (Å²) in [7, 11) is 0. The van der Waals surface area contributed by atoms with Crippen LogP contribution in [0.15, 0.2) is 12.1 Å². The molecule has 20 heavy (non-hydrogen) atoms. The summed E-state index contributed by atoms with van der Waals surface area (Å²) < 4.78 is 0. The fourth-order valence-corrected chi connectivity index (χ4v) is 2.36. The third-order valence-electron chi connectivity index (χ3n) is 3.10. The van der Waals surface area contributed by atoms with E-state index in [1.165, 1.54) is 12.1 Å². The minimum absolute atomic E-state index is 0.0827. The van der Waals surface area contributed by atoms with Crippen LogP contribution in [0.5, 0.6) is 0 Å². The standard InChI is InChI=1S/C16H22O4/c1-9(2)7-13-11(15(17)18)5-6-12(16(19)20)14(13)8-10(3)4/h5-6,9-10H,7-8H2,1-4H3,(H,17,18)(H,19,20)/p-2. The summed E-state index contributed by atoms with van der Waals surface area (Å²) in [6.07, 6.45) is 1.01. The van der Waals surface area contributed by atoms with Crippen LogP contribution in [-0.2, 0) is 12.8 Å². The van der Waals surface area contributed by atoms with E-state index in [-0.39, 0.29) is 23.0 Å². The zero-order chi connectivity index (χ0) is 15.4. The van der Waals surface area contributed by atoms with E-state index in [4.69, 9.17) is 0 Å². The summed E-state index contributed by atoms with van der Waals surface area (Å²) in [6.45, 7) is 7.85. The van der Waals surface area contributed by atoms with Crippen molar-refractivity contribution in [3.05, 3.63) is 34.4 Å². The third kappa shape index (κ3) is 3.83. The van der Waals surface area contributed by atoms with Crippen LogP contribution in [0.1, 0.15) is 59.5 Å². The van der Waals surface area contributed by atoms with Crippen LogP contribution in [-0.4, -0.2) is 11.9 Å². The van der Waals surface area contributed by atoms with Gasteiger partial charge in [0.1, 0.15) is 0 Å². The fraction of sp³-hybridized carbons (Fsp3) is 0.500. The van der Waals surface area contributed by atoms with E-state index in [1.807, 2.05) is 27.7 Å². The summed E-state index contributed by atoms with van der Waals surface area (Å²) in [5.74, 6) is -2.10. The van der Waals surface area contributed by atoms with Gasteiger partial charge >= 0.3 is 0 Å². The number of carbonyl (C=O) groups excluding carboxylic acids is 2. The summed E-state index contributed by atoms with van der Waals surface area (Å²) in [4.78, 5) is 22.5. The predicted molar refractivity (Wildman–Crippen MR) is 72.2 cm³/mol. The van der Waals surface area contributed by atoms with E-state index in [2.05, 4.69) is 0 Å². The molecule has 0 saturated heterocycles. The highest BCUT2D eigenvalue weighted by Crippen LogP contribution is 2.25. The van der Waals surface area contributed by atoms with Crippen LogP contribution >= 0.6 is 0 Å². The van der Waals surface area contributed by atoms with Crippen molar-refractivity contribution in [1.29, 1.82) is 0 Å². The monoisotopic (exact) mass is 276 g/mol. The molecule has 0 aliphatic rings. The van der Waals surface area contributed by atoms with Crippen molar-refractivity contribution >= 4 is 11.9 Å². The summed E-state index contributed by atoms with van der Waals surface area (Å²) in [5, 5.41) is 22.5. The van der Waals surface area contributed by atoms with Crippen LogP contribution in [0.2, 0.25) is 0 Å². The van der Waals surface area contributed by atoms with Gasteiger partial charge < -0.3 is 19.8 Å². The molecule has 0 aliphatic heterocycles. The van der Waals surface area contributed by atoms with Crippen molar-refractivity contribution in [2.24, 2.45) is 11.8 Å². The smallest absolute Gasteiger partial charge is 0.0718 e. The Morgan fingerprint density at radius 1 is 0.850 bits per heavy atom. The topological polar surface area (TPSA) is 80.3 Å². The lowest BCUT2D eigenvalue weighted by atomic mass is 9.86. The molecule has 0 radical (unpaired) electrons. The lowest BCUT2D eigenvalue weighted by molar-refractivity contribution is -0.256. The Bertz CT molecular complexity index is 468. The fourth-order valence-electron chi connectivity index (χ4n) is 2.36. The number of hydrogen-bond acceptors (Lipinski definition) is 4. The van der Waals surface area contributed by atoms with Gasteiger partial charge in [-0.1, -0.05) is 39.8 Å². The van der Waals surface area contributed by atoms with Gasteiger partial charge in [0.15, 0.2) is 0 Å². The minimum atomic E-state index is -1.27. The Morgan fingerprint density at radius 2 is 1.15 bits per heavy atom. The van der Waals surface area contributed by atoms with Gasteiger partial charge in [0, 0.05) is 11.1 Å². The Kier molecular flexibility index (Phi) is 5.31. The van der Waals surface area contributed by atoms with Crippen LogP contribution in [0.25, 0.3) is 0 Å². The van der Waals surface area contributed by atoms with Gasteiger partial charge in [0.25, 0.3) is 0 Å². The molecule has 0 aromatic heterocycles. The van der Waals surface area contributed by atoms with E-state index in [9.17, 15) is 19.8 Å². The minimum Gasteiger partial charge on any atom is -0.545 e. The molecule has 1 aromatic rings. The van der Waals surface area contributed by atoms with Crippen molar-refractivity contribution < 1.29 is 19.8 Å². The molecule has 0 aliphatic carbocycles. The lowest BCUT2D eigenvalue weighted by Crippen LogP contribution is -2.29. The molecule has 110 valence electrons. The summed E-state index contributed by atoms with van der Waals surface area (Å²) >= 11 is 0. The highest BCUT2D eigenvalue weighted by Gasteiger charge is 2.16. The average molecular weight is 276 g/mol. The van der Waals surface area contributed by atoms with Crippen molar-refractivity contribution in [2.45, 2.75) is 40.5 Å². The normalized spacial score (nSPS) is 11.1. The maximum absolute atomic E-state index is 11.2. The van der Waals surface area contributed by atoms with Crippen LogP contribution in [0.3, 0.4) is 0 Å². The van der Waals surface area contributed by atoms with E-state index in [0.717, 1.165) is 0 Å². The predicted octanol–water partition coefficient (Wildman–Crippen LogP) is 0.811. The number of carbonyl (C=O) groups is 2. The van der Waals surface area contributed by atoms with Gasteiger partial charge in [-0.15, -0.1) is 0 Å². The Morgan fingerprint density at radius 3 is 1.35 bits per heavy atom. The number of aromatic carboxylic acids is 2. The second-order valence-corrected chi connectivity index (χ2v) is 5.89. The molecule has 1 rings (SSSR count). The number of carboxylic acids is 2. The van der Waals surface area contributed by atoms with Crippen LogP contribution in [0.4, 0.5) is 0 Å². The summed E-state index contributed by atoms with van der Waals surface area (Å²) in [5.41, 5.74) is 1.30. The van der Waals surface area contributed by atoms with Crippen molar-refractivity contribution in [3.8, 4) is 0 Å². The van der Waals surface area contributed by atoms with Crippen molar-refractivity contribution in [3.63, 3.8) is 0 Å². The zero-order valence-corrected chi connectivity index (χ0v) is 12.4. The molecule has 0 saturated carbocycles. The molecule has 0 N–H and O–H groups in total. The second-order valence-electron chi connectivity index (χ2n) is 5.89. The molecule has 0 amide bonds. The largest absolute Gasteiger partial charge is 0.545 e. The SMILES string of the molecule is CC(C)Cc1c(C(=O)[O-])ccc(C(=O)[O-])c1CC(C)C. The average Bonchev–Trinajstić information content (AvgIpc) is 2.28. The first-order valence-electron chi connectivity index (χ1n) is 6.81. The third-order valence-corrected chi connectivity index (χ3v) is 3.10. The number of rotatable bonds is 6. The highest BCUT2D eigenvalue weighted by atomic mass is 16.4. The Balaban J connectivity index is 3.53. The molecule has 0 fully saturated rings. The molecular formula is C16H20O4-2. The van der Waals surface area contributed by atoms with Crippen molar-refractivity contribution in [2.75, 3.05) is 0 Å². The number of hydrogen-bond donors (Lipinski definition) is 0. The molecule has 0 unspecified atom stereocenters. The van der Waals surface area contributed by atoms with Gasteiger partial charge in [-0.3, -0.25) is 0 Å². The molecule has 4 heteroatoms. The zero-order valence-electron chi connectivity index (χ0n) is 12.4. The first-order valence-corrected chi connectivity index (χ1v) is 6.81. The van der Waals surface area contributed by atoms with Crippen molar-refractivity contribution in [1.82, 2.24) is 0 Å². The first-order chi connectivity index (χ1) is 9.23. The quantitative estimate of drug-likeness (QED) is 0.770. The van der Waals surface area contributed by atoms with Gasteiger partial charge in [0.2, 0.25) is 0 Å². The van der Waals surface area contributed by atoms with Crippen LogP contribution < -0.4 is 10.2 Å². The molecule has 0 atom stereocenters.